The minimum absolute atomic E-state index is 0.0793. The van der Waals surface area contributed by atoms with Gasteiger partial charge in [-0.05, 0) is 18.2 Å². The van der Waals surface area contributed by atoms with Crippen molar-refractivity contribution < 1.29 is 69.2 Å². The Hall–Kier alpha value is -3.36. The van der Waals surface area contributed by atoms with Gasteiger partial charge in [0.25, 0.3) is 0 Å². The molecule has 2 unspecified atom stereocenters. The third-order valence-electron chi connectivity index (χ3n) is 5.26. The number of hydrogen-bond acceptors (Lipinski definition) is 10. The minimum atomic E-state index is -5.51. The lowest BCUT2D eigenvalue weighted by atomic mass is 9.77. The standard InChI is InChI=1S/C20H12F2O11P2.H2O2S/c21-13-5-11-16(7-15(13)23)30-17-8-18(32-35(28,29)33-34(25,26)27)14(22)6-12(17)20(11)10-4-2-1-3-9(10)19(24)31-20;1-3-2/h1-8,23H,(H,28,29)(H2,25,26,27);3H2. The van der Waals surface area contributed by atoms with Crippen LogP contribution in [-0.4, -0.2) is 34.2 Å². The lowest BCUT2D eigenvalue weighted by Crippen LogP contribution is -2.33. The fourth-order valence-electron chi connectivity index (χ4n) is 4.02. The monoisotopic (exact) mass is 594 g/mol. The second kappa shape index (κ2) is 9.75. The maximum atomic E-state index is 15.1. The number of halogens is 2. The molecule has 0 fully saturated rings. The molecule has 5 rings (SSSR count). The molecule has 3 aromatic carbocycles. The zero-order valence-corrected chi connectivity index (χ0v) is 21.0. The van der Waals surface area contributed by atoms with E-state index in [0.717, 1.165) is 24.3 Å². The number of aromatic hydroxyl groups is 1. The van der Waals surface area contributed by atoms with E-state index in [0.29, 0.717) is 0 Å². The molecule has 3 aromatic rings. The zero-order valence-electron chi connectivity index (χ0n) is 18.2. The molecule has 0 saturated heterocycles. The fraction of sp³-hybridized carbons (Fsp3) is 0.0500. The summed E-state index contributed by atoms with van der Waals surface area (Å²) < 4.78 is 88.5. The summed E-state index contributed by atoms with van der Waals surface area (Å²) in [4.78, 5) is 39.8. The summed E-state index contributed by atoms with van der Waals surface area (Å²) in [6.45, 7) is 0. The van der Waals surface area contributed by atoms with E-state index >= 15 is 4.39 Å². The van der Waals surface area contributed by atoms with Gasteiger partial charge in [0.05, 0.1) is 16.7 Å². The minimum Gasteiger partial charge on any atom is -0.505 e. The van der Waals surface area contributed by atoms with Crippen LogP contribution >= 0.6 is 15.6 Å². The van der Waals surface area contributed by atoms with Gasteiger partial charge in [-0.2, -0.15) is 4.31 Å². The van der Waals surface area contributed by atoms with Gasteiger partial charge in [0.2, 0.25) is 0 Å². The third kappa shape index (κ3) is 4.90. The predicted molar refractivity (Wildman–Crippen MR) is 122 cm³/mol. The van der Waals surface area contributed by atoms with Crippen molar-refractivity contribution in [1.82, 2.24) is 0 Å². The zero-order chi connectivity index (χ0) is 28.0. The van der Waals surface area contributed by atoms with Gasteiger partial charge < -0.3 is 28.9 Å². The average Bonchev–Trinajstić information content (AvgIpc) is 3.09. The van der Waals surface area contributed by atoms with Crippen LogP contribution in [0.2, 0.25) is 0 Å². The molecule has 0 radical (unpaired) electrons. The molecule has 2 atom stereocenters. The topological polar surface area (TPSA) is 203 Å². The van der Waals surface area contributed by atoms with E-state index in [-0.39, 0.29) is 33.8 Å². The molecule has 202 valence electrons. The molecule has 18 heteroatoms. The first-order valence-corrected chi connectivity index (χ1v) is 13.7. The second-order valence-corrected chi connectivity index (χ2v) is 10.4. The summed E-state index contributed by atoms with van der Waals surface area (Å²) in [5.74, 6) is -5.55. The van der Waals surface area contributed by atoms with Crippen molar-refractivity contribution in [3.8, 4) is 23.0 Å². The summed E-state index contributed by atoms with van der Waals surface area (Å²) in [5, 5.41) is 9.85. The maximum Gasteiger partial charge on any atom is 0.536 e. The molecule has 13 nitrogen and oxygen atoms in total. The number of carbonyl (C=O) groups excluding carboxylic acids is 1. The van der Waals surface area contributed by atoms with Crippen molar-refractivity contribution in [1.29, 1.82) is 0 Å². The summed E-state index contributed by atoms with van der Waals surface area (Å²) in [6, 6.07) is 9.26. The highest BCUT2D eigenvalue weighted by Gasteiger charge is 2.54. The van der Waals surface area contributed by atoms with Gasteiger partial charge in [-0.1, -0.05) is 18.2 Å². The summed E-state index contributed by atoms with van der Waals surface area (Å²) in [5.41, 5.74) is -1.89. The first-order chi connectivity index (χ1) is 17.7. The number of hydrogen-bond donors (Lipinski definition) is 4. The smallest absolute Gasteiger partial charge is 0.505 e. The maximum absolute atomic E-state index is 15.1. The van der Waals surface area contributed by atoms with Crippen LogP contribution in [0.5, 0.6) is 23.0 Å². The van der Waals surface area contributed by atoms with Crippen molar-refractivity contribution in [2.75, 3.05) is 0 Å². The summed E-state index contributed by atoms with van der Waals surface area (Å²) >= 11 is -1.42. The Morgan fingerprint density at radius 3 is 2.11 bits per heavy atom. The van der Waals surface area contributed by atoms with Crippen LogP contribution in [0.1, 0.15) is 27.0 Å². The van der Waals surface area contributed by atoms with Gasteiger partial charge in [-0.3, -0.25) is 4.89 Å². The molecular formula is C20H14F2O13P2S. The lowest BCUT2D eigenvalue weighted by molar-refractivity contribution is 0.0221. The SMILES string of the molecule is O=C1OC2(c3cc(F)c(O)cc3Oc3cc(OP(=O)(O)OP(=O)(O)O)c(F)cc32)c2ccccc21.O=[SH2]=O. The Morgan fingerprint density at radius 2 is 1.47 bits per heavy atom. The predicted octanol–water partition coefficient (Wildman–Crippen LogP) is 2.62. The van der Waals surface area contributed by atoms with Crippen LogP contribution in [0.15, 0.2) is 48.5 Å². The van der Waals surface area contributed by atoms with Gasteiger partial charge >= 0.3 is 21.6 Å². The number of phenols is 1. The van der Waals surface area contributed by atoms with E-state index in [1.807, 2.05) is 0 Å². The van der Waals surface area contributed by atoms with E-state index in [4.69, 9.17) is 27.7 Å². The normalized spacial score (nSPS) is 18.6. The lowest BCUT2D eigenvalue weighted by Gasteiger charge is -2.36. The first kappa shape index (κ1) is 27.7. The van der Waals surface area contributed by atoms with Crippen LogP contribution < -0.4 is 9.26 Å². The summed E-state index contributed by atoms with van der Waals surface area (Å²) in [7, 11) is -11.0. The highest BCUT2D eigenvalue weighted by molar-refractivity contribution is 7.60. The third-order valence-corrected chi connectivity index (χ3v) is 7.36. The fourth-order valence-corrected chi connectivity index (χ4v) is 5.62. The number of phosphoric acid groups is 2. The number of rotatable bonds is 4. The number of phosphoric ester groups is 1. The highest BCUT2D eigenvalue weighted by Crippen LogP contribution is 2.60. The van der Waals surface area contributed by atoms with Crippen molar-refractivity contribution >= 4 is 33.2 Å². The van der Waals surface area contributed by atoms with E-state index in [2.05, 4.69) is 8.83 Å². The molecule has 2 aliphatic heterocycles. The van der Waals surface area contributed by atoms with Crippen LogP contribution in [0.25, 0.3) is 0 Å². The van der Waals surface area contributed by atoms with Crippen molar-refractivity contribution in [2.45, 2.75) is 5.60 Å². The molecule has 2 heterocycles. The first-order valence-electron chi connectivity index (χ1n) is 9.88. The molecule has 1 spiro atoms. The summed E-state index contributed by atoms with van der Waals surface area (Å²) in [6.07, 6.45) is 0. The Balaban J connectivity index is 0.00000107. The van der Waals surface area contributed by atoms with Gasteiger partial charge in [-0.25, -0.2) is 31.1 Å². The molecule has 0 saturated carbocycles. The number of carbonyl (C=O) groups is 1. The molecule has 0 aromatic heterocycles. The molecule has 2 aliphatic rings. The number of benzene rings is 3. The Bertz CT molecular complexity index is 1620. The van der Waals surface area contributed by atoms with E-state index in [9.17, 15) is 28.3 Å². The van der Waals surface area contributed by atoms with Crippen LogP contribution in [0, 0.1) is 11.6 Å². The van der Waals surface area contributed by atoms with Crippen LogP contribution in [0.3, 0.4) is 0 Å². The average molecular weight is 594 g/mol. The number of esters is 1. The van der Waals surface area contributed by atoms with Gasteiger partial charge in [0.15, 0.2) is 28.7 Å². The number of phenolic OH excluding ortho intramolecular Hbond substituents is 1. The Labute approximate surface area is 213 Å². The Morgan fingerprint density at radius 1 is 0.895 bits per heavy atom. The molecule has 38 heavy (non-hydrogen) atoms. The van der Waals surface area contributed by atoms with Gasteiger partial charge in [0, 0.05) is 17.7 Å². The van der Waals surface area contributed by atoms with E-state index < -0.39 is 61.9 Å². The molecular weight excluding hydrogens is 580 g/mol. The van der Waals surface area contributed by atoms with Crippen molar-refractivity contribution in [3.05, 3.63) is 82.4 Å². The molecule has 0 bridgehead atoms. The van der Waals surface area contributed by atoms with E-state index in [1.165, 1.54) is 12.1 Å². The molecule has 4 N–H and O–H groups in total. The van der Waals surface area contributed by atoms with Crippen LogP contribution in [0.4, 0.5) is 8.78 Å². The number of fused-ring (bicyclic) bond motifs is 6. The second-order valence-electron chi connectivity index (χ2n) is 7.51. The highest BCUT2D eigenvalue weighted by atomic mass is 32.1. The Kier molecular flexibility index (Phi) is 7.10. The van der Waals surface area contributed by atoms with Crippen LogP contribution in [-0.2, 0) is 35.3 Å². The van der Waals surface area contributed by atoms with Gasteiger partial charge in [0.1, 0.15) is 23.1 Å². The largest absolute Gasteiger partial charge is 0.536 e. The quantitative estimate of drug-likeness (QED) is 0.254. The van der Waals surface area contributed by atoms with Crippen molar-refractivity contribution in [2.24, 2.45) is 0 Å². The number of ether oxygens (including phenoxy) is 2. The van der Waals surface area contributed by atoms with E-state index in [1.54, 1.807) is 12.1 Å². The molecule has 0 aliphatic carbocycles. The van der Waals surface area contributed by atoms with Crippen molar-refractivity contribution in [3.63, 3.8) is 0 Å². The van der Waals surface area contributed by atoms with Gasteiger partial charge in [-0.15, -0.1) is 0 Å². The molecule has 0 amide bonds.